The molecular weight excluding hydrogens is 1410 g/mol. The zero-order valence-corrected chi connectivity index (χ0v) is 68.9. The van der Waals surface area contributed by atoms with Crippen LogP contribution in [0.15, 0.2) is 0 Å². The van der Waals surface area contributed by atoms with Crippen LogP contribution in [0.5, 0.6) is 0 Å². The van der Waals surface area contributed by atoms with Crippen molar-refractivity contribution in [2.75, 3.05) is 26.4 Å². The molecule has 0 N–H and O–H groups in total. The standard InChI is InChI=1S/C24H34O6.4C16H24O4/c1-5-23(3,4)22(27)29-19-15-10-14-16(20(25)28-18(14)19)17(15)21(26)30-24(6-2)11-12-7-8-13(24)9-12;1-4-15(2,3)14(18)20-12-6-11-5-10(12)7-16(11)8-13(17)19-9-16;1-4-15(2,3)14(18)20-12-6-10-5-11(12)16(7-10)8-13(17)19-9-16;1-4-15(2,3)13(17)20-12-8-11-7-10(12)9-16(11)5-6-19-14(16)18;1-4-15(2,3)13(17)20-12-8-10-7-11(12)16(9-10)5-6-19-14(16)18/h12-19H,5-11H2,1-4H3;4*10-12H,4-9H2,1-3H3. The highest BCUT2D eigenvalue weighted by molar-refractivity contribution is 5.87. The molecule has 25 unspecified atom stereocenters. The van der Waals surface area contributed by atoms with Gasteiger partial charge in [-0.3, -0.25) is 52.7 Å². The largest absolute Gasteiger partial charge is 0.465 e. The monoisotopic (exact) mass is 1540 g/mol. The molecule has 12 saturated carbocycles. The molecule has 614 valence electrons. The fourth-order valence-electron chi connectivity index (χ4n) is 23.7. The summed E-state index contributed by atoms with van der Waals surface area (Å²) in [5.41, 5.74) is -3.21. The lowest BCUT2D eigenvalue weighted by atomic mass is 9.71. The van der Waals surface area contributed by atoms with Crippen LogP contribution in [0, 0.1) is 132 Å². The lowest BCUT2D eigenvalue weighted by Crippen LogP contribution is -2.48. The molecule has 5 aliphatic heterocycles. The van der Waals surface area contributed by atoms with Gasteiger partial charge in [-0.1, -0.05) is 41.5 Å². The molecule has 110 heavy (non-hydrogen) atoms. The van der Waals surface area contributed by atoms with Crippen LogP contribution in [0.4, 0.5) is 0 Å². The number of hydrogen-bond acceptors (Lipinski definition) is 22. The first-order chi connectivity index (χ1) is 51.7. The fourth-order valence-corrected chi connectivity index (χ4v) is 23.7. The predicted molar refractivity (Wildman–Crippen MR) is 398 cm³/mol. The summed E-state index contributed by atoms with van der Waals surface area (Å²) in [5.74, 6) is 1.63. The second kappa shape index (κ2) is 30.1. The minimum Gasteiger partial charge on any atom is -0.465 e. The Kier molecular flexibility index (Phi) is 22.5. The quantitative estimate of drug-likeness (QED) is 0.0910. The minimum absolute atomic E-state index is 0.0105. The first kappa shape index (κ1) is 82.2. The first-order valence-electron chi connectivity index (χ1n) is 42.9. The molecule has 12 aliphatic carbocycles. The molecule has 0 radical (unpaired) electrons. The maximum atomic E-state index is 13.5. The number of rotatable bonds is 18. The third-order valence-corrected chi connectivity index (χ3v) is 32.8. The topological polar surface area (TPSA) is 289 Å². The van der Waals surface area contributed by atoms with Crippen LogP contribution in [0.3, 0.4) is 0 Å². The van der Waals surface area contributed by atoms with Crippen molar-refractivity contribution in [1.82, 2.24) is 0 Å². The van der Waals surface area contributed by atoms with Gasteiger partial charge in [0, 0.05) is 34.5 Å². The van der Waals surface area contributed by atoms with Crippen molar-refractivity contribution in [2.45, 2.75) is 326 Å². The minimum atomic E-state index is -0.602. The summed E-state index contributed by atoms with van der Waals surface area (Å²) in [7, 11) is 0. The molecule has 12 bridgehead atoms. The average molecular weight is 1540 g/mol. The average Bonchev–Trinajstić information content (AvgIpc) is 1.46. The molecule has 0 aromatic rings. The van der Waals surface area contributed by atoms with Gasteiger partial charge in [-0.2, -0.15) is 0 Å². The van der Waals surface area contributed by atoms with E-state index in [-0.39, 0.29) is 135 Å². The van der Waals surface area contributed by atoms with Gasteiger partial charge in [-0.25, -0.2) is 0 Å². The molecule has 17 rings (SSSR count). The number of carbonyl (C=O) groups is 11. The molecule has 22 heteroatoms. The van der Waals surface area contributed by atoms with Gasteiger partial charge in [-0.05, 0) is 277 Å². The molecular formula is C88H130O22. The SMILES string of the molecule is CCC(C)(C)C(=O)OC1C2CC3C1OC(=O)C3C2C(=O)OC1(CC)CC2CCC1C2.CCC(C)(C)C(=O)OC1CC2CC1C1(CCOC1=O)C2.CCC(C)(C)C(=O)OC1CC2CC1C1(COC(=O)C1)C2.CCC(C)(C)C(=O)OC1CC2CC1CC21CCOC1=O.CCC(C)(C)C(=O)OC1CC2CC1CC21COC(=O)C1. The molecule has 5 saturated heterocycles. The molecule has 22 nitrogen and oxygen atoms in total. The number of ether oxygens (including phenoxy) is 11. The van der Waals surface area contributed by atoms with Crippen molar-refractivity contribution in [3.8, 4) is 0 Å². The Morgan fingerprint density at radius 1 is 0.427 bits per heavy atom. The Hall–Kier alpha value is -5.83. The van der Waals surface area contributed by atoms with Crippen molar-refractivity contribution in [2.24, 2.45) is 132 Å². The summed E-state index contributed by atoms with van der Waals surface area (Å²) in [6, 6.07) is 0. The van der Waals surface area contributed by atoms with E-state index >= 15 is 0 Å². The highest BCUT2D eigenvalue weighted by Crippen LogP contribution is 2.66. The fraction of sp³-hybridized carbons (Fsp3) is 0.875. The van der Waals surface area contributed by atoms with Gasteiger partial charge >= 0.3 is 65.7 Å². The summed E-state index contributed by atoms with van der Waals surface area (Å²) in [5, 5.41) is 0. The van der Waals surface area contributed by atoms with Crippen LogP contribution in [-0.2, 0) is 105 Å². The number of cyclic esters (lactones) is 4. The highest BCUT2D eigenvalue weighted by Gasteiger charge is 2.72. The maximum Gasteiger partial charge on any atom is 0.312 e. The summed E-state index contributed by atoms with van der Waals surface area (Å²) in [6.45, 7) is 33.4. The van der Waals surface area contributed by atoms with Crippen LogP contribution in [0.25, 0.3) is 0 Å². The van der Waals surface area contributed by atoms with E-state index in [1.807, 2.05) is 104 Å². The number of esters is 11. The van der Waals surface area contributed by atoms with Crippen LogP contribution in [-0.4, -0.2) is 134 Å². The van der Waals surface area contributed by atoms with Crippen LogP contribution in [0.2, 0.25) is 0 Å². The molecule has 25 atom stereocenters. The zero-order valence-electron chi connectivity index (χ0n) is 68.9. The van der Waals surface area contributed by atoms with Crippen LogP contribution >= 0.6 is 0 Å². The van der Waals surface area contributed by atoms with E-state index < -0.39 is 51.1 Å². The number of carbonyl (C=O) groups excluding carboxylic acids is 11. The van der Waals surface area contributed by atoms with Gasteiger partial charge in [0.1, 0.15) is 42.2 Å². The van der Waals surface area contributed by atoms with Crippen molar-refractivity contribution < 1.29 is 105 Å². The highest BCUT2D eigenvalue weighted by atomic mass is 16.6. The Bertz CT molecular complexity index is 3590. The molecule has 4 spiro atoms. The van der Waals surface area contributed by atoms with Crippen molar-refractivity contribution >= 4 is 65.7 Å². The van der Waals surface area contributed by atoms with E-state index in [0.717, 1.165) is 141 Å². The molecule has 0 aromatic carbocycles. The van der Waals surface area contributed by atoms with Gasteiger partial charge in [0.15, 0.2) is 0 Å². The molecule has 0 aromatic heterocycles. The van der Waals surface area contributed by atoms with Crippen LogP contribution in [0.1, 0.15) is 284 Å². The number of fused-ring (bicyclic) bond motifs is 15. The second-order valence-corrected chi connectivity index (χ2v) is 40.8. The molecule has 0 amide bonds. The third kappa shape index (κ3) is 14.7. The lowest BCUT2D eigenvalue weighted by Gasteiger charge is -2.39. The smallest absolute Gasteiger partial charge is 0.312 e. The van der Waals surface area contributed by atoms with Gasteiger partial charge in [0.05, 0.1) is 89.0 Å². The Labute approximate surface area is 651 Å². The van der Waals surface area contributed by atoms with E-state index in [9.17, 15) is 52.7 Å². The molecule has 17 fully saturated rings. The van der Waals surface area contributed by atoms with E-state index in [0.29, 0.717) is 105 Å². The van der Waals surface area contributed by atoms with E-state index in [2.05, 4.69) is 6.92 Å². The number of hydrogen-bond donors (Lipinski definition) is 0. The van der Waals surface area contributed by atoms with Crippen molar-refractivity contribution in [1.29, 1.82) is 0 Å². The van der Waals surface area contributed by atoms with Gasteiger partial charge in [0.25, 0.3) is 0 Å². The molecule has 5 heterocycles. The van der Waals surface area contributed by atoms with Gasteiger partial charge < -0.3 is 52.1 Å². The Morgan fingerprint density at radius 3 is 1.33 bits per heavy atom. The summed E-state index contributed by atoms with van der Waals surface area (Å²) in [4.78, 5) is 135. The predicted octanol–water partition coefficient (Wildman–Crippen LogP) is 14.4. The Balaban J connectivity index is 0.000000122. The summed E-state index contributed by atoms with van der Waals surface area (Å²) in [6.07, 6.45) is 23.2. The lowest BCUT2D eigenvalue weighted by molar-refractivity contribution is -0.182. The summed E-state index contributed by atoms with van der Waals surface area (Å²) < 4.78 is 61.7. The Morgan fingerprint density at radius 2 is 0.900 bits per heavy atom. The van der Waals surface area contributed by atoms with Gasteiger partial charge in [0.2, 0.25) is 0 Å². The van der Waals surface area contributed by atoms with Crippen molar-refractivity contribution in [3.05, 3.63) is 0 Å². The zero-order chi connectivity index (χ0) is 79.6. The van der Waals surface area contributed by atoms with E-state index in [1.165, 1.54) is 6.42 Å². The van der Waals surface area contributed by atoms with E-state index in [4.69, 9.17) is 52.1 Å². The third-order valence-electron chi connectivity index (χ3n) is 32.8. The molecule has 17 aliphatic rings. The maximum absolute atomic E-state index is 13.5. The summed E-state index contributed by atoms with van der Waals surface area (Å²) >= 11 is 0. The van der Waals surface area contributed by atoms with E-state index in [1.54, 1.807) is 0 Å². The first-order valence-corrected chi connectivity index (χ1v) is 42.9. The van der Waals surface area contributed by atoms with Gasteiger partial charge in [-0.15, -0.1) is 0 Å². The second-order valence-electron chi connectivity index (χ2n) is 40.8. The van der Waals surface area contributed by atoms with Crippen LogP contribution < -0.4 is 0 Å². The normalized spacial score (nSPS) is 41.1. The van der Waals surface area contributed by atoms with Crippen molar-refractivity contribution in [3.63, 3.8) is 0 Å².